The number of hydrogen-bond acceptors (Lipinski definition) is 4. The number of rotatable bonds is 1. The van der Waals surface area contributed by atoms with E-state index in [9.17, 15) is 0 Å². The molecule has 12 heavy (non-hydrogen) atoms. The Kier molecular flexibility index (Phi) is 4.76. The van der Waals surface area contributed by atoms with Crippen molar-refractivity contribution in [2.75, 3.05) is 18.1 Å². The van der Waals surface area contributed by atoms with Gasteiger partial charge in [0.15, 0.2) is 0 Å². The quantitative estimate of drug-likeness (QED) is 0.666. The largest absolute Gasteiger partial charge is 0.373 e. The van der Waals surface area contributed by atoms with Crippen LogP contribution in [0.15, 0.2) is 6.20 Å². The lowest BCUT2D eigenvalue weighted by molar-refractivity contribution is 1.14. The van der Waals surface area contributed by atoms with Gasteiger partial charge in [0, 0.05) is 18.8 Å². The molecule has 1 aromatic rings. The van der Waals surface area contributed by atoms with E-state index in [0.29, 0.717) is 5.95 Å². The number of nitrogen functional groups attached to an aromatic ring is 1. The molecule has 0 saturated heterocycles. The maximum atomic E-state index is 5.34. The van der Waals surface area contributed by atoms with Gasteiger partial charge in [0.1, 0.15) is 5.82 Å². The summed E-state index contributed by atoms with van der Waals surface area (Å²) in [6.07, 6.45) is 1.69. The summed E-state index contributed by atoms with van der Waals surface area (Å²) < 4.78 is 0. The Hall–Kier alpha value is -1.32. The van der Waals surface area contributed by atoms with Gasteiger partial charge in [0.25, 0.3) is 0 Å². The molecule has 0 spiro atoms. The van der Waals surface area contributed by atoms with Crippen molar-refractivity contribution in [1.29, 1.82) is 0 Å². The molecule has 0 aliphatic rings. The number of hydrogen-bond donors (Lipinski definition) is 2. The SMILES string of the molecule is CC.CNc1nc(N)ncc1C. The minimum absolute atomic E-state index is 0.301. The lowest BCUT2D eigenvalue weighted by Crippen LogP contribution is -2.01. The van der Waals surface area contributed by atoms with Gasteiger partial charge < -0.3 is 11.1 Å². The maximum absolute atomic E-state index is 5.34. The number of nitrogens with one attached hydrogen (secondary N) is 1. The van der Waals surface area contributed by atoms with Gasteiger partial charge in [0.05, 0.1) is 0 Å². The highest BCUT2D eigenvalue weighted by Crippen LogP contribution is 2.08. The summed E-state index contributed by atoms with van der Waals surface area (Å²) in [5, 5.41) is 2.90. The highest BCUT2D eigenvalue weighted by atomic mass is 15.1. The monoisotopic (exact) mass is 168 g/mol. The van der Waals surface area contributed by atoms with Crippen LogP contribution in [0.1, 0.15) is 19.4 Å². The third-order valence-electron chi connectivity index (χ3n) is 1.23. The van der Waals surface area contributed by atoms with Gasteiger partial charge in [-0.1, -0.05) is 13.8 Å². The lowest BCUT2D eigenvalue weighted by Gasteiger charge is -2.01. The predicted molar refractivity (Wildman–Crippen MR) is 52.1 cm³/mol. The summed E-state index contributed by atoms with van der Waals surface area (Å²) in [7, 11) is 1.80. The average Bonchev–Trinajstić information content (AvgIpc) is 2.13. The molecule has 0 atom stereocenters. The molecule has 3 N–H and O–H groups in total. The first-order valence-electron chi connectivity index (χ1n) is 4.01. The minimum atomic E-state index is 0.301. The summed E-state index contributed by atoms with van der Waals surface area (Å²) >= 11 is 0. The van der Waals surface area contributed by atoms with E-state index in [-0.39, 0.29) is 0 Å². The Morgan fingerprint density at radius 1 is 1.42 bits per heavy atom. The molecule has 0 bridgehead atoms. The topological polar surface area (TPSA) is 63.8 Å². The number of aryl methyl sites for hydroxylation is 1. The van der Waals surface area contributed by atoms with Gasteiger partial charge in [-0.25, -0.2) is 4.98 Å². The van der Waals surface area contributed by atoms with Gasteiger partial charge in [-0.05, 0) is 6.92 Å². The van der Waals surface area contributed by atoms with Crippen molar-refractivity contribution in [2.24, 2.45) is 0 Å². The number of nitrogens with zero attached hydrogens (tertiary/aromatic N) is 2. The zero-order valence-corrected chi connectivity index (χ0v) is 8.05. The van der Waals surface area contributed by atoms with Gasteiger partial charge in [-0.3, -0.25) is 0 Å². The van der Waals surface area contributed by atoms with Crippen LogP contribution in [0.2, 0.25) is 0 Å². The molecule has 0 aliphatic heterocycles. The summed E-state index contributed by atoms with van der Waals surface area (Å²) in [5.41, 5.74) is 6.34. The molecular formula is C8H16N4. The summed E-state index contributed by atoms with van der Waals surface area (Å²) in [6, 6.07) is 0. The Labute approximate surface area is 73.2 Å². The highest BCUT2D eigenvalue weighted by molar-refractivity contribution is 5.44. The van der Waals surface area contributed by atoms with Gasteiger partial charge in [-0.15, -0.1) is 0 Å². The predicted octanol–water partition coefficient (Wildman–Crippen LogP) is 1.44. The van der Waals surface area contributed by atoms with E-state index in [4.69, 9.17) is 5.73 Å². The fourth-order valence-electron chi connectivity index (χ4n) is 0.709. The van der Waals surface area contributed by atoms with E-state index in [1.54, 1.807) is 13.2 Å². The third kappa shape index (κ3) is 2.74. The molecule has 1 aromatic heterocycles. The Morgan fingerprint density at radius 2 is 2.00 bits per heavy atom. The molecule has 0 aromatic carbocycles. The molecule has 4 nitrogen and oxygen atoms in total. The number of nitrogens with two attached hydrogens (primary N) is 1. The van der Waals surface area contributed by atoms with Crippen LogP contribution in [0.4, 0.5) is 11.8 Å². The summed E-state index contributed by atoms with van der Waals surface area (Å²) in [6.45, 7) is 5.92. The molecule has 4 heteroatoms. The first-order valence-corrected chi connectivity index (χ1v) is 4.01. The summed E-state index contributed by atoms with van der Waals surface area (Å²) in [5.74, 6) is 1.09. The van der Waals surface area contributed by atoms with E-state index in [0.717, 1.165) is 11.4 Å². The Balaban J connectivity index is 0.000000561. The smallest absolute Gasteiger partial charge is 0.221 e. The molecule has 1 heterocycles. The normalized spacial score (nSPS) is 8.33. The standard InChI is InChI=1S/C6H10N4.C2H6/c1-4-3-9-6(7)10-5(4)8-2;1-2/h3H,1-2H3,(H3,7,8,9,10);1-2H3. The van der Waals surface area contributed by atoms with Crippen molar-refractivity contribution < 1.29 is 0 Å². The van der Waals surface area contributed by atoms with E-state index >= 15 is 0 Å². The van der Waals surface area contributed by atoms with Crippen molar-refractivity contribution in [1.82, 2.24) is 9.97 Å². The summed E-state index contributed by atoms with van der Waals surface area (Å²) in [4.78, 5) is 7.76. The molecule has 68 valence electrons. The van der Waals surface area contributed by atoms with E-state index in [1.807, 2.05) is 20.8 Å². The molecule has 0 saturated carbocycles. The molecule has 0 unspecified atom stereocenters. The van der Waals surface area contributed by atoms with Crippen molar-refractivity contribution in [3.8, 4) is 0 Å². The van der Waals surface area contributed by atoms with Crippen molar-refractivity contribution in [3.05, 3.63) is 11.8 Å². The maximum Gasteiger partial charge on any atom is 0.221 e. The van der Waals surface area contributed by atoms with E-state index < -0.39 is 0 Å². The van der Waals surface area contributed by atoms with Gasteiger partial charge in [0.2, 0.25) is 5.95 Å². The zero-order valence-electron chi connectivity index (χ0n) is 8.05. The molecular weight excluding hydrogens is 152 g/mol. The van der Waals surface area contributed by atoms with Crippen molar-refractivity contribution in [2.45, 2.75) is 20.8 Å². The number of aromatic nitrogens is 2. The van der Waals surface area contributed by atoms with Crippen LogP contribution in [0.5, 0.6) is 0 Å². The fourth-order valence-corrected chi connectivity index (χ4v) is 0.709. The lowest BCUT2D eigenvalue weighted by atomic mass is 10.3. The van der Waals surface area contributed by atoms with Crippen LogP contribution < -0.4 is 11.1 Å². The second-order valence-electron chi connectivity index (χ2n) is 2.01. The van der Waals surface area contributed by atoms with E-state index in [2.05, 4.69) is 15.3 Å². The van der Waals surface area contributed by atoms with Crippen LogP contribution in [0.3, 0.4) is 0 Å². The first-order chi connectivity index (χ1) is 5.74. The Bertz CT molecular complexity index is 234. The van der Waals surface area contributed by atoms with Crippen LogP contribution in [-0.2, 0) is 0 Å². The van der Waals surface area contributed by atoms with Gasteiger partial charge >= 0.3 is 0 Å². The molecule has 1 rings (SSSR count). The van der Waals surface area contributed by atoms with Crippen LogP contribution in [-0.4, -0.2) is 17.0 Å². The number of anilines is 2. The Morgan fingerprint density at radius 3 is 2.42 bits per heavy atom. The molecule has 0 aliphatic carbocycles. The van der Waals surface area contributed by atoms with Crippen molar-refractivity contribution >= 4 is 11.8 Å². The molecule has 0 radical (unpaired) electrons. The first kappa shape index (κ1) is 10.7. The van der Waals surface area contributed by atoms with Crippen LogP contribution >= 0.6 is 0 Å². The van der Waals surface area contributed by atoms with Crippen molar-refractivity contribution in [3.63, 3.8) is 0 Å². The minimum Gasteiger partial charge on any atom is -0.373 e. The van der Waals surface area contributed by atoms with Crippen LogP contribution in [0.25, 0.3) is 0 Å². The second-order valence-corrected chi connectivity index (χ2v) is 2.01. The zero-order chi connectivity index (χ0) is 9.56. The second kappa shape index (κ2) is 5.35. The highest BCUT2D eigenvalue weighted by Gasteiger charge is 1.96. The van der Waals surface area contributed by atoms with E-state index in [1.165, 1.54) is 0 Å². The third-order valence-corrected chi connectivity index (χ3v) is 1.23. The molecule has 0 fully saturated rings. The van der Waals surface area contributed by atoms with Gasteiger partial charge in [-0.2, -0.15) is 4.98 Å². The fraction of sp³-hybridized carbons (Fsp3) is 0.500. The average molecular weight is 168 g/mol. The molecule has 0 amide bonds. The van der Waals surface area contributed by atoms with Crippen LogP contribution in [0, 0.1) is 6.92 Å².